The van der Waals surface area contributed by atoms with Crippen molar-refractivity contribution >= 4 is 11.0 Å². The Morgan fingerprint density at radius 3 is 2.95 bits per heavy atom. The Kier molecular flexibility index (Phi) is 4.16. The number of hydrogen-bond donors (Lipinski definition) is 1. The molecule has 2 aromatic rings. The molecular weight excluding hydrogens is 285 g/mol. The fourth-order valence-corrected chi connectivity index (χ4v) is 3.15. The van der Waals surface area contributed by atoms with Gasteiger partial charge in [-0.1, -0.05) is 0 Å². The van der Waals surface area contributed by atoms with E-state index in [-0.39, 0.29) is 18.0 Å². The molecule has 1 aromatic heterocycles. The summed E-state index contributed by atoms with van der Waals surface area (Å²) in [7, 11) is 1.98. The van der Waals surface area contributed by atoms with E-state index in [1.54, 1.807) is 6.07 Å². The third-order valence-electron chi connectivity index (χ3n) is 4.67. The van der Waals surface area contributed by atoms with Gasteiger partial charge in [-0.15, -0.1) is 0 Å². The first kappa shape index (κ1) is 15.4. The van der Waals surface area contributed by atoms with Crippen molar-refractivity contribution in [3.05, 3.63) is 29.8 Å². The van der Waals surface area contributed by atoms with Gasteiger partial charge in [-0.25, -0.2) is 9.37 Å². The molecular formula is C16H22FN3O2. The van der Waals surface area contributed by atoms with Crippen LogP contribution in [0.4, 0.5) is 4.39 Å². The van der Waals surface area contributed by atoms with Crippen LogP contribution in [0.5, 0.6) is 0 Å². The summed E-state index contributed by atoms with van der Waals surface area (Å²) in [5.74, 6) is 0.606. The lowest BCUT2D eigenvalue weighted by Gasteiger charge is -2.35. The third-order valence-corrected chi connectivity index (χ3v) is 4.67. The molecule has 1 fully saturated rings. The number of aliphatic hydroxyl groups excluding tert-OH is 1. The largest absolute Gasteiger partial charge is 0.394 e. The van der Waals surface area contributed by atoms with Crippen LogP contribution in [0.25, 0.3) is 11.0 Å². The number of aliphatic hydroxyl groups is 1. The molecule has 0 spiro atoms. The molecule has 1 saturated heterocycles. The van der Waals surface area contributed by atoms with Crippen LogP contribution in [0.15, 0.2) is 18.2 Å². The predicted octanol–water partition coefficient (Wildman–Crippen LogP) is 1.78. The molecule has 1 N–H and O–H groups in total. The molecule has 0 unspecified atom stereocenters. The summed E-state index contributed by atoms with van der Waals surface area (Å²) in [4.78, 5) is 6.68. The number of fused-ring (bicyclic) bond motifs is 1. The predicted molar refractivity (Wildman–Crippen MR) is 82.1 cm³/mol. The quantitative estimate of drug-likeness (QED) is 0.915. The lowest BCUT2D eigenvalue weighted by atomic mass is 9.98. The summed E-state index contributed by atoms with van der Waals surface area (Å²) in [6, 6.07) is 4.69. The molecule has 1 atom stereocenters. The number of hydrogen-bond acceptors (Lipinski definition) is 4. The number of benzene rings is 1. The van der Waals surface area contributed by atoms with E-state index in [1.807, 2.05) is 7.05 Å². The van der Waals surface area contributed by atoms with Crippen molar-refractivity contribution < 1.29 is 14.2 Å². The molecule has 0 amide bonds. The van der Waals surface area contributed by atoms with Crippen molar-refractivity contribution in [3.63, 3.8) is 0 Å². The second-order valence-corrected chi connectivity index (χ2v) is 5.95. The summed E-state index contributed by atoms with van der Waals surface area (Å²) in [5, 5.41) is 9.77. The van der Waals surface area contributed by atoms with E-state index in [0.29, 0.717) is 25.3 Å². The first-order valence-electron chi connectivity index (χ1n) is 7.64. The van der Waals surface area contributed by atoms with Gasteiger partial charge >= 0.3 is 0 Å². The molecule has 0 aliphatic carbocycles. The molecule has 3 rings (SSSR count). The molecule has 22 heavy (non-hydrogen) atoms. The standard InChI is InChI=1S/C16H22FN3O2/c1-3-20-14-5-4-12(17)8-13(14)18-15(20)9-19(2)16(10-21)6-7-22-11-16/h4-5,8,21H,3,6-7,9-11H2,1-2H3/t16-/m0/s1. The van der Waals surface area contributed by atoms with Gasteiger partial charge in [0.1, 0.15) is 11.6 Å². The minimum Gasteiger partial charge on any atom is -0.394 e. The average Bonchev–Trinajstić information content (AvgIpc) is 3.11. The van der Waals surface area contributed by atoms with E-state index in [0.717, 1.165) is 24.3 Å². The molecule has 5 nitrogen and oxygen atoms in total. The van der Waals surface area contributed by atoms with Crippen LogP contribution in [0, 0.1) is 5.82 Å². The monoisotopic (exact) mass is 307 g/mol. The summed E-state index contributed by atoms with van der Waals surface area (Å²) < 4.78 is 20.9. The lowest BCUT2D eigenvalue weighted by Crippen LogP contribution is -2.50. The van der Waals surface area contributed by atoms with Gasteiger partial charge in [0, 0.05) is 19.2 Å². The highest BCUT2D eigenvalue weighted by Crippen LogP contribution is 2.27. The Balaban J connectivity index is 1.93. The first-order chi connectivity index (χ1) is 10.6. The fourth-order valence-electron chi connectivity index (χ4n) is 3.15. The molecule has 1 aromatic carbocycles. The van der Waals surface area contributed by atoms with E-state index in [2.05, 4.69) is 21.4 Å². The number of aromatic nitrogens is 2. The maximum Gasteiger partial charge on any atom is 0.125 e. The first-order valence-corrected chi connectivity index (χ1v) is 7.64. The molecule has 1 aliphatic heterocycles. The van der Waals surface area contributed by atoms with E-state index in [4.69, 9.17) is 4.74 Å². The Bertz CT molecular complexity index is 665. The van der Waals surface area contributed by atoms with Gasteiger partial charge in [0.25, 0.3) is 0 Å². The van der Waals surface area contributed by atoms with Gasteiger partial charge in [-0.3, -0.25) is 4.90 Å². The molecule has 0 saturated carbocycles. The Morgan fingerprint density at radius 1 is 1.50 bits per heavy atom. The molecule has 0 radical (unpaired) electrons. The van der Waals surface area contributed by atoms with E-state index in [9.17, 15) is 9.50 Å². The van der Waals surface area contributed by atoms with E-state index in [1.165, 1.54) is 12.1 Å². The van der Waals surface area contributed by atoms with Crippen LogP contribution in [-0.2, 0) is 17.8 Å². The third kappa shape index (κ3) is 2.51. The number of aryl methyl sites for hydroxylation is 1. The Labute approximate surface area is 129 Å². The molecule has 1 aliphatic rings. The Morgan fingerprint density at radius 2 is 2.32 bits per heavy atom. The maximum atomic E-state index is 13.4. The number of ether oxygens (including phenoxy) is 1. The summed E-state index contributed by atoms with van der Waals surface area (Å²) in [6.07, 6.45) is 0.807. The molecule has 6 heteroatoms. The van der Waals surface area contributed by atoms with E-state index < -0.39 is 0 Å². The maximum absolute atomic E-state index is 13.4. The van der Waals surface area contributed by atoms with Crippen molar-refractivity contribution in [2.45, 2.75) is 32.0 Å². The van der Waals surface area contributed by atoms with Crippen molar-refractivity contribution in [2.24, 2.45) is 0 Å². The summed E-state index contributed by atoms with van der Waals surface area (Å²) in [6.45, 7) is 4.67. The van der Waals surface area contributed by atoms with Crippen LogP contribution in [0.1, 0.15) is 19.2 Å². The van der Waals surface area contributed by atoms with Gasteiger partial charge in [-0.05, 0) is 32.5 Å². The topological polar surface area (TPSA) is 50.5 Å². The second kappa shape index (κ2) is 5.95. The van der Waals surface area contributed by atoms with Crippen LogP contribution in [-0.4, -0.2) is 52.0 Å². The zero-order valence-electron chi connectivity index (χ0n) is 13.0. The number of halogens is 1. The highest BCUT2D eigenvalue weighted by Gasteiger charge is 2.38. The lowest BCUT2D eigenvalue weighted by molar-refractivity contribution is 0.0295. The number of rotatable bonds is 5. The highest BCUT2D eigenvalue weighted by atomic mass is 19.1. The van der Waals surface area contributed by atoms with Crippen LogP contribution in [0.2, 0.25) is 0 Å². The average molecular weight is 307 g/mol. The van der Waals surface area contributed by atoms with Crippen LogP contribution < -0.4 is 0 Å². The fraction of sp³-hybridized carbons (Fsp3) is 0.562. The van der Waals surface area contributed by atoms with Crippen molar-refractivity contribution in [3.8, 4) is 0 Å². The van der Waals surface area contributed by atoms with Crippen molar-refractivity contribution in [2.75, 3.05) is 26.9 Å². The molecule has 0 bridgehead atoms. The molecule has 120 valence electrons. The van der Waals surface area contributed by atoms with Gasteiger partial charge in [-0.2, -0.15) is 0 Å². The SMILES string of the molecule is CCn1c(CN(C)[C@]2(CO)CCOC2)nc2cc(F)ccc21. The van der Waals surface area contributed by atoms with Gasteiger partial charge in [0.05, 0.1) is 36.3 Å². The number of imidazole rings is 1. The van der Waals surface area contributed by atoms with Gasteiger partial charge < -0.3 is 14.4 Å². The molecule has 2 heterocycles. The summed E-state index contributed by atoms with van der Waals surface area (Å²) >= 11 is 0. The normalized spacial score (nSPS) is 22.0. The van der Waals surface area contributed by atoms with Crippen molar-refractivity contribution in [1.29, 1.82) is 0 Å². The zero-order chi connectivity index (χ0) is 15.7. The second-order valence-electron chi connectivity index (χ2n) is 5.95. The summed E-state index contributed by atoms with van der Waals surface area (Å²) in [5.41, 5.74) is 1.26. The van der Waals surface area contributed by atoms with Gasteiger partial charge in [0.15, 0.2) is 0 Å². The minimum absolute atomic E-state index is 0.0600. The highest BCUT2D eigenvalue weighted by molar-refractivity contribution is 5.76. The van der Waals surface area contributed by atoms with E-state index >= 15 is 0 Å². The van der Waals surface area contributed by atoms with Gasteiger partial charge in [0.2, 0.25) is 0 Å². The minimum atomic E-state index is -0.345. The number of nitrogens with zero attached hydrogens (tertiary/aromatic N) is 3. The Hall–Kier alpha value is -1.50. The van der Waals surface area contributed by atoms with Crippen LogP contribution in [0.3, 0.4) is 0 Å². The number of likely N-dealkylation sites (N-methyl/N-ethyl adjacent to an activating group) is 1. The van der Waals surface area contributed by atoms with Crippen molar-refractivity contribution in [1.82, 2.24) is 14.5 Å². The zero-order valence-corrected chi connectivity index (χ0v) is 13.0. The smallest absolute Gasteiger partial charge is 0.125 e. The van der Waals surface area contributed by atoms with Crippen LogP contribution >= 0.6 is 0 Å².